The second-order valence-electron chi connectivity index (χ2n) is 5.21. The van der Waals surface area contributed by atoms with Gasteiger partial charge in [-0.3, -0.25) is 4.79 Å². The zero-order chi connectivity index (χ0) is 16.2. The Morgan fingerprint density at radius 1 is 1.17 bits per heavy atom. The van der Waals surface area contributed by atoms with Gasteiger partial charge < -0.3 is 10.3 Å². The topological polar surface area (TPSA) is 57.8 Å². The largest absolute Gasteiger partial charge is 0.352 e. The molecule has 0 aliphatic heterocycles. The van der Waals surface area contributed by atoms with E-state index in [0.29, 0.717) is 29.4 Å². The number of nitrogens with zero attached hydrogens (tertiary/aromatic N) is 1. The van der Waals surface area contributed by atoms with E-state index in [1.165, 1.54) is 0 Å². The molecular weight excluding hydrogens is 333 g/mol. The number of benzene rings is 2. The van der Waals surface area contributed by atoms with E-state index in [1.54, 1.807) is 12.1 Å². The number of fused-ring (bicyclic) bond motifs is 1. The zero-order valence-electron chi connectivity index (χ0n) is 12.3. The minimum atomic E-state index is -0.0449. The van der Waals surface area contributed by atoms with Crippen LogP contribution >= 0.6 is 23.2 Å². The van der Waals surface area contributed by atoms with Gasteiger partial charge in [0.05, 0.1) is 11.0 Å². The highest BCUT2D eigenvalue weighted by Crippen LogP contribution is 2.20. The van der Waals surface area contributed by atoms with Crippen molar-refractivity contribution in [3.63, 3.8) is 0 Å². The lowest BCUT2D eigenvalue weighted by atomic mass is 10.2. The van der Waals surface area contributed by atoms with Crippen molar-refractivity contribution in [2.24, 2.45) is 0 Å². The molecule has 4 nitrogen and oxygen atoms in total. The lowest BCUT2D eigenvalue weighted by Gasteiger charge is -2.07. The number of carbonyl (C=O) groups excluding carboxylic acids is 1. The Kier molecular flexibility index (Phi) is 4.84. The summed E-state index contributed by atoms with van der Waals surface area (Å²) in [6, 6.07) is 13.0. The fourth-order valence-corrected chi connectivity index (χ4v) is 2.78. The predicted molar refractivity (Wildman–Crippen MR) is 92.7 cm³/mol. The lowest BCUT2D eigenvalue weighted by molar-refractivity contribution is -0.121. The summed E-state index contributed by atoms with van der Waals surface area (Å²) in [5, 5.41) is 3.98. The van der Waals surface area contributed by atoms with Gasteiger partial charge in [-0.25, -0.2) is 4.98 Å². The smallest absolute Gasteiger partial charge is 0.220 e. The molecule has 2 N–H and O–H groups in total. The molecule has 1 aromatic heterocycles. The van der Waals surface area contributed by atoms with E-state index in [-0.39, 0.29) is 5.91 Å². The molecule has 0 aliphatic carbocycles. The Morgan fingerprint density at radius 2 is 2.00 bits per heavy atom. The molecule has 0 radical (unpaired) electrons. The maximum atomic E-state index is 12.0. The van der Waals surface area contributed by atoms with E-state index in [1.807, 2.05) is 30.3 Å². The summed E-state index contributed by atoms with van der Waals surface area (Å²) in [5.74, 6) is 0.766. The van der Waals surface area contributed by atoms with E-state index in [0.717, 1.165) is 22.4 Å². The summed E-state index contributed by atoms with van der Waals surface area (Å²) < 4.78 is 0. The van der Waals surface area contributed by atoms with Crippen LogP contribution in [0.3, 0.4) is 0 Å². The Hall–Kier alpha value is -2.04. The normalized spacial score (nSPS) is 10.9. The first-order chi connectivity index (χ1) is 11.1. The number of imidazole rings is 1. The van der Waals surface area contributed by atoms with Gasteiger partial charge in [0.2, 0.25) is 5.91 Å². The van der Waals surface area contributed by atoms with Gasteiger partial charge in [-0.05, 0) is 29.8 Å². The summed E-state index contributed by atoms with van der Waals surface area (Å²) in [6.07, 6.45) is 0.930. The van der Waals surface area contributed by atoms with Gasteiger partial charge in [0, 0.05) is 29.4 Å². The molecular formula is C17H15Cl2N3O. The quantitative estimate of drug-likeness (QED) is 0.729. The van der Waals surface area contributed by atoms with Crippen molar-refractivity contribution in [1.82, 2.24) is 15.3 Å². The molecule has 0 aliphatic rings. The third kappa shape index (κ3) is 4.03. The molecule has 0 saturated carbocycles. The Labute approximate surface area is 143 Å². The Balaban J connectivity index is 1.53. The highest BCUT2D eigenvalue weighted by atomic mass is 35.5. The van der Waals surface area contributed by atoms with E-state index < -0.39 is 0 Å². The molecule has 0 bridgehead atoms. The molecule has 1 heterocycles. The lowest BCUT2D eigenvalue weighted by Crippen LogP contribution is -2.23. The van der Waals surface area contributed by atoms with Gasteiger partial charge in [0.15, 0.2) is 0 Å². The standard InChI is InChI=1S/C17H15Cl2N3O/c18-12-6-5-11(13(19)9-12)10-20-17(23)8-7-16-21-14-3-1-2-4-15(14)22-16/h1-6,9H,7-8,10H2,(H,20,23)(H,21,22). The average Bonchev–Trinajstić information content (AvgIpc) is 2.95. The van der Waals surface area contributed by atoms with Crippen LogP contribution in [0, 0.1) is 0 Å². The highest BCUT2D eigenvalue weighted by Gasteiger charge is 2.07. The minimum Gasteiger partial charge on any atom is -0.352 e. The molecule has 6 heteroatoms. The number of H-pyrrole nitrogens is 1. The first kappa shape index (κ1) is 15.8. The number of hydrogen-bond acceptors (Lipinski definition) is 2. The van der Waals surface area contributed by atoms with Crippen LogP contribution in [-0.2, 0) is 17.8 Å². The molecule has 3 aromatic rings. The van der Waals surface area contributed by atoms with Crippen molar-refractivity contribution in [3.8, 4) is 0 Å². The molecule has 0 saturated heterocycles. The first-order valence-electron chi connectivity index (χ1n) is 7.26. The van der Waals surface area contributed by atoms with Crippen LogP contribution in [0.25, 0.3) is 11.0 Å². The van der Waals surface area contributed by atoms with Crippen LogP contribution < -0.4 is 5.32 Å². The zero-order valence-corrected chi connectivity index (χ0v) is 13.8. The fourth-order valence-electron chi connectivity index (χ4n) is 2.30. The van der Waals surface area contributed by atoms with Crippen LogP contribution in [0.1, 0.15) is 17.8 Å². The van der Waals surface area contributed by atoms with Crippen molar-refractivity contribution in [3.05, 3.63) is 63.9 Å². The summed E-state index contributed by atoms with van der Waals surface area (Å²) >= 11 is 11.9. The molecule has 0 spiro atoms. The number of aromatic amines is 1. The number of hydrogen-bond donors (Lipinski definition) is 2. The molecule has 2 aromatic carbocycles. The highest BCUT2D eigenvalue weighted by molar-refractivity contribution is 6.35. The first-order valence-corrected chi connectivity index (χ1v) is 8.01. The van der Waals surface area contributed by atoms with Crippen LogP contribution in [0.4, 0.5) is 0 Å². The van der Waals surface area contributed by atoms with E-state index in [9.17, 15) is 4.79 Å². The third-order valence-corrected chi connectivity index (χ3v) is 4.11. The number of amides is 1. The van der Waals surface area contributed by atoms with Gasteiger partial charge in [-0.1, -0.05) is 41.4 Å². The van der Waals surface area contributed by atoms with Gasteiger partial charge in [0.25, 0.3) is 0 Å². The van der Waals surface area contributed by atoms with Crippen molar-refractivity contribution in [1.29, 1.82) is 0 Å². The summed E-state index contributed by atoms with van der Waals surface area (Å²) in [4.78, 5) is 19.6. The molecule has 23 heavy (non-hydrogen) atoms. The number of halogens is 2. The monoisotopic (exact) mass is 347 g/mol. The average molecular weight is 348 g/mol. The Morgan fingerprint density at radius 3 is 2.78 bits per heavy atom. The summed E-state index contributed by atoms with van der Waals surface area (Å²) in [7, 11) is 0. The molecule has 0 unspecified atom stereocenters. The number of aryl methyl sites for hydroxylation is 1. The van der Waals surface area contributed by atoms with Gasteiger partial charge in [-0.2, -0.15) is 0 Å². The predicted octanol–water partition coefficient (Wildman–Crippen LogP) is 4.12. The van der Waals surface area contributed by atoms with Crippen LogP contribution in [0.2, 0.25) is 10.0 Å². The fraction of sp³-hybridized carbons (Fsp3) is 0.176. The number of para-hydroxylation sites is 2. The SMILES string of the molecule is O=C(CCc1nc2ccccc2[nH]1)NCc1ccc(Cl)cc1Cl. The van der Waals surface area contributed by atoms with Crippen LogP contribution in [0.5, 0.6) is 0 Å². The minimum absolute atomic E-state index is 0.0449. The number of nitrogens with one attached hydrogen (secondary N) is 2. The van der Waals surface area contributed by atoms with Gasteiger partial charge in [0.1, 0.15) is 5.82 Å². The van der Waals surface area contributed by atoms with E-state index in [4.69, 9.17) is 23.2 Å². The van der Waals surface area contributed by atoms with Crippen LogP contribution in [-0.4, -0.2) is 15.9 Å². The Bertz CT molecular complexity index is 812. The molecule has 0 atom stereocenters. The van der Waals surface area contributed by atoms with Crippen molar-refractivity contribution in [2.75, 3.05) is 0 Å². The molecule has 118 valence electrons. The van der Waals surface area contributed by atoms with E-state index in [2.05, 4.69) is 15.3 Å². The van der Waals surface area contributed by atoms with Crippen molar-refractivity contribution >= 4 is 40.1 Å². The summed E-state index contributed by atoms with van der Waals surface area (Å²) in [6.45, 7) is 0.384. The van der Waals surface area contributed by atoms with Crippen molar-refractivity contribution in [2.45, 2.75) is 19.4 Å². The number of carbonyl (C=O) groups is 1. The second kappa shape index (κ2) is 7.02. The molecule has 3 rings (SSSR count). The van der Waals surface area contributed by atoms with Gasteiger partial charge in [-0.15, -0.1) is 0 Å². The van der Waals surface area contributed by atoms with Crippen LogP contribution in [0.15, 0.2) is 42.5 Å². The van der Waals surface area contributed by atoms with Gasteiger partial charge >= 0.3 is 0 Å². The molecule has 1 amide bonds. The van der Waals surface area contributed by atoms with Crippen molar-refractivity contribution < 1.29 is 4.79 Å². The maximum absolute atomic E-state index is 12.0. The maximum Gasteiger partial charge on any atom is 0.220 e. The molecule has 0 fully saturated rings. The number of rotatable bonds is 5. The van der Waals surface area contributed by atoms with E-state index >= 15 is 0 Å². The summed E-state index contributed by atoms with van der Waals surface area (Å²) in [5.41, 5.74) is 2.74. The number of aromatic nitrogens is 2. The second-order valence-corrected chi connectivity index (χ2v) is 6.06. The third-order valence-electron chi connectivity index (χ3n) is 3.52.